The molecule has 0 radical (unpaired) electrons. The van der Waals surface area contributed by atoms with Crippen molar-refractivity contribution >= 4 is 16.9 Å². The van der Waals surface area contributed by atoms with Crippen molar-refractivity contribution in [3.63, 3.8) is 0 Å². The maximum Gasteiger partial charge on any atom is 0.341 e. The molecule has 1 saturated carbocycles. The number of hydrogen-bond acceptors (Lipinski definition) is 2. The van der Waals surface area contributed by atoms with Gasteiger partial charge in [0.2, 0.25) is 5.43 Å². The summed E-state index contributed by atoms with van der Waals surface area (Å²) in [5.41, 5.74) is -0.619. The van der Waals surface area contributed by atoms with Crippen LogP contribution in [-0.4, -0.2) is 21.8 Å². The van der Waals surface area contributed by atoms with E-state index in [0.29, 0.717) is 0 Å². The second-order valence-electron chi connectivity index (χ2n) is 4.97. The Hall–Kier alpha value is -2.24. The predicted molar refractivity (Wildman–Crippen MR) is 68.4 cm³/mol. The molecule has 1 fully saturated rings. The molecule has 0 saturated heterocycles. The molecule has 1 aromatic heterocycles. The van der Waals surface area contributed by atoms with E-state index in [9.17, 15) is 18.4 Å². The number of benzene rings is 1. The molecule has 1 aromatic carbocycles. The minimum atomic E-state index is -1.37. The molecular weight excluding hydrogens is 268 g/mol. The van der Waals surface area contributed by atoms with Crippen molar-refractivity contribution in [2.24, 2.45) is 0 Å². The Morgan fingerprint density at radius 1 is 1.45 bits per heavy atom. The van der Waals surface area contributed by atoms with Crippen LogP contribution in [0.3, 0.4) is 0 Å². The van der Waals surface area contributed by atoms with E-state index in [1.807, 2.05) is 0 Å². The van der Waals surface area contributed by atoms with Gasteiger partial charge in [0.25, 0.3) is 0 Å². The number of carboxylic acids is 1. The molecule has 0 bridgehead atoms. The maximum atomic E-state index is 13.7. The van der Waals surface area contributed by atoms with E-state index in [0.717, 1.165) is 12.3 Å². The minimum absolute atomic E-state index is 0.0999. The fourth-order valence-corrected chi connectivity index (χ4v) is 2.45. The Morgan fingerprint density at radius 3 is 2.65 bits per heavy atom. The summed E-state index contributed by atoms with van der Waals surface area (Å²) in [6.45, 7) is 1.49. The number of aromatic nitrogens is 1. The average molecular weight is 279 g/mol. The van der Waals surface area contributed by atoms with E-state index >= 15 is 0 Å². The third-order valence-corrected chi connectivity index (χ3v) is 3.65. The number of alkyl halides is 1. The first kappa shape index (κ1) is 12.8. The molecule has 3 rings (SSSR count). The van der Waals surface area contributed by atoms with Gasteiger partial charge < -0.3 is 9.67 Å². The molecule has 6 heteroatoms. The number of rotatable bonds is 2. The van der Waals surface area contributed by atoms with E-state index in [1.165, 1.54) is 17.6 Å². The van der Waals surface area contributed by atoms with E-state index in [-0.39, 0.29) is 22.9 Å². The molecule has 2 atom stereocenters. The number of fused-ring (bicyclic) bond motifs is 1. The molecule has 4 nitrogen and oxygen atoms in total. The highest BCUT2D eigenvalue weighted by molar-refractivity contribution is 5.93. The SMILES string of the molecule is Cc1c(F)ccc2c(=O)c(C(=O)O)cn(C3C[C@@H]3F)c12. The second-order valence-corrected chi connectivity index (χ2v) is 4.97. The van der Waals surface area contributed by atoms with Gasteiger partial charge in [-0.25, -0.2) is 13.6 Å². The minimum Gasteiger partial charge on any atom is -0.477 e. The highest BCUT2D eigenvalue weighted by atomic mass is 19.1. The Kier molecular flexibility index (Phi) is 2.64. The lowest BCUT2D eigenvalue weighted by molar-refractivity contribution is 0.0694. The first-order chi connectivity index (χ1) is 9.41. The number of carbonyl (C=O) groups is 1. The van der Waals surface area contributed by atoms with Crippen LogP contribution >= 0.6 is 0 Å². The normalized spacial score (nSPS) is 21.1. The molecule has 1 aliphatic rings. The standard InChI is InChI=1S/C14H11F2NO3/c1-6-9(15)3-2-7-12(6)17(11-4-10(11)16)5-8(13(7)18)14(19)20/h2-3,5,10-11H,4H2,1H3,(H,19,20)/t10-,11?/m0/s1. The van der Waals surface area contributed by atoms with Crippen molar-refractivity contribution in [1.82, 2.24) is 4.57 Å². The average Bonchev–Trinajstić information content (AvgIpc) is 3.11. The molecule has 104 valence electrons. The van der Waals surface area contributed by atoms with Crippen LogP contribution in [0.2, 0.25) is 0 Å². The lowest BCUT2D eigenvalue weighted by Crippen LogP contribution is -2.19. The molecular formula is C14H11F2NO3. The number of aromatic carboxylic acids is 1. The highest BCUT2D eigenvalue weighted by Crippen LogP contribution is 2.41. The molecule has 0 spiro atoms. The van der Waals surface area contributed by atoms with Crippen LogP contribution in [0.25, 0.3) is 10.9 Å². The molecule has 1 N–H and O–H groups in total. The number of nitrogens with zero attached hydrogens (tertiary/aromatic N) is 1. The third-order valence-electron chi connectivity index (χ3n) is 3.65. The van der Waals surface area contributed by atoms with Crippen LogP contribution in [0.4, 0.5) is 8.78 Å². The van der Waals surface area contributed by atoms with Gasteiger partial charge in [-0.05, 0) is 19.1 Å². The van der Waals surface area contributed by atoms with Crippen LogP contribution in [0.15, 0.2) is 23.1 Å². The Morgan fingerprint density at radius 2 is 2.10 bits per heavy atom. The molecule has 1 aliphatic carbocycles. The summed E-state index contributed by atoms with van der Waals surface area (Å²) in [5, 5.41) is 9.16. The topological polar surface area (TPSA) is 59.3 Å². The fourth-order valence-electron chi connectivity index (χ4n) is 2.45. The lowest BCUT2D eigenvalue weighted by Gasteiger charge is -2.14. The van der Waals surface area contributed by atoms with Gasteiger partial charge in [-0.15, -0.1) is 0 Å². The Labute approximate surface area is 112 Å². The van der Waals surface area contributed by atoms with Crippen molar-refractivity contribution in [1.29, 1.82) is 0 Å². The van der Waals surface area contributed by atoms with Crippen molar-refractivity contribution in [2.45, 2.75) is 25.6 Å². The third kappa shape index (κ3) is 1.71. The Balaban J connectivity index is 2.45. The zero-order valence-corrected chi connectivity index (χ0v) is 10.6. The molecule has 20 heavy (non-hydrogen) atoms. The van der Waals surface area contributed by atoms with Crippen LogP contribution in [0.5, 0.6) is 0 Å². The van der Waals surface area contributed by atoms with Gasteiger partial charge in [-0.2, -0.15) is 0 Å². The monoisotopic (exact) mass is 279 g/mol. The summed E-state index contributed by atoms with van der Waals surface area (Å²) in [7, 11) is 0. The van der Waals surface area contributed by atoms with Crippen LogP contribution < -0.4 is 5.43 Å². The van der Waals surface area contributed by atoms with Gasteiger partial charge in [0.05, 0.1) is 11.6 Å². The summed E-state index contributed by atoms with van der Waals surface area (Å²) in [4.78, 5) is 23.2. The molecule has 1 unspecified atom stereocenters. The first-order valence-corrected chi connectivity index (χ1v) is 6.13. The number of pyridine rings is 1. The Bertz CT molecular complexity index is 797. The van der Waals surface area contributed by atoms with E-state index < -0.39 is 35.0 Å². The van der Waals surface area contributed by atoms with Crippen LogP contribution in [0.1, 0.15) is 28.4 Å². The van der Waals surface area contributed by atoms with Crippen molar-refractivity contribution < 1.29 is 18.7 Å². The largest absolute Gasteiger partial charge is 0.477 e. The van der Waals surface area contributed by atoms with Gasteiger partial charge in [0, 0.05) is 23.6 Å². The zero-order valence-electron chi connectivity index (χ0n) is 10.6. The fraction of sp³-hybridized carbons (Fsp3) is 0.286. The number of aryl methyl sites for hydroxylation is 1. The van der Waals surface area contributed by atoms with Gasteiger partial charge in [-0.3, -0.25) is 4.79 Å². The highest BCUT2D eigenvalue weighted by Gasteiger charge is 2.40. The molecule has 1 heterocycles. The van der Waals surface area contributed by atoms with Crippen molar-refractivity contribution in [2.75, 3.05) is 0 Å². The van der Waals surface area contributed by atoms with Gasteiger partial charge >= 0.3 is 5.97 Å². The first-order valence-electron chi connectivity index (χ1n) is 6.13. The second kappa shape index (κ2) is 4.13. The quantitative estimate of drug-likeness (QED) is 0.918. The number of halogens is 2. The lowest BCUT2D eigenvalue weighted by atomic mass is 10.1. The smallest absolute Gasteiger partial charge is 0.341 e. The van der Waals surface area contributed by atoms with E-state index in [2.05, 4.69) is 0 Å². The zero-order chi connectivity index (χ0) is 14.6. The predicted octanol–water partition coefficient (Wildman–Crippen LogP) is 2.43. The summed E-state index contributed by atoms with van der Waals surface area (Å²) >= 11 is 0. The van der Waals surface area contributed by atoms with Gasteiger partial charge in [-0.1, -0.05) is 0 Å². The molecule has 0 aliphatic heterocycles. The van der Waals surface area contributed by atoms with E-state index in [4.69, 9.17) is 5.11 Å². The van der Waals surface area contributed by atoms with Crippen LogP contribution in [0, 0.1) is 12.7 Å². The maximum absolute atomic E-state index is 13.7. The summed E-state index contributed by atoms with van der Waals surface area (Å²) < 4.78 is 28.4. The van der Waals surface area contributed by atoms with Crippen LogP contribution in [-0.2, 0) is 0 Å². The number of hydrogen-bond donors (Lipinski definition) is 1. The molecule has 2 aromatic rings. The van der Waals surface area contributed by atoms with Gasteiger partial charge in [0.1, 0.15) is 17.6 Å². The number of carboxylic acid groups (broad SMARTS) is 1. The summed E-state index contributed by atoms with van der Waals surface area (Å²) in [6, 6.07) is 1.84. The van der Waals surface area contributed by atoms with Crippen molar-refractivity contribution in [3.8, 4) is 0 Å². The van der Waals surface area contributed by atoms with Gasteiger partial charge in [0.15, 0.2) is 0 Å². The molecule has 0 amide bonds. The summed E-state index contributed by atoms with van der Waals surface area (Å²) in [6.07, 6.45) is 0.265. The van der Waals surface area contributed by atoms with E-state index in [1.54, 1.807) is 0 Å². The summed E-state index contributed by atoms with van der Waals surface area (Å²) in [5.74, 6) is -1.88. The van der Waals surface area contributed by atoms with Crippen molar-refractivity contribution in [3.05, 3.63) is 45.5 Å².